The van der Waals surface area contributed by atoms with Gasteiger partial charge >= 0.3 is 16.4 Å². The molecule has 0 saturated carbocycles. The first-order valence-corrected chi connectivity index (χ1v) is 5.53. The third-order valence-electron chi connectivity index (χ3n) is 1.82. The Hall–Kier alpha value is -1.09. The Balaban J connectivity index is 3.34. The highest BCUT2D eigenvalue weighted by Gasteiger charge is 2.36. The number of alkyl halides is 3. The van der Waals surface area contributed by atoms with Gasteiger partial charge in [0, 0.05) is 14.1 Å². The zero-order chi connectivity index (χ0) is 12.7. The van der Waals surface area contributed by atoms with E-state index < -0.39 is 22.1 Å². The van der Waals surface area contributed by atoms with E-state index >= 15 is 0 Å². The van der Waals surface area contributed by atoms with Gasteiger partial charge in [-0.05, 0) is 13.0 Å². The van der Waals surface area contributed by atoms with Gasteiger partial charge in [0.05, 0.1) is 5.69 Å². The topological polar surface area (TPSA) is 55.2 Å². The van der Waals surface area contributed by atoms with Gasteiger partial charge < -0.3 is 0 Å². The molecule has 0 saturated heterocycles. The zero-order valence-corrected chi connectivity index (χ0v) is 9.59. The molecule has 16 heavy (non-hydrogen) atoms. The molecule has 0 unspecified atom stereocenters. The Morgan fingerprint density at radius 3 is 2.19 bits per heavy atom. The monoisotopic (exact) mass is 257 g/mol. The zero-order valence-electron chi connectivity index (χ0n) is 8.78. The molecular formula is C7H10F3N3O2S. The molecule has 0 radical (unpaired) electrons. The first-order chi connectivity index (χ1) is 7.06. The van der Waals surface area contributed by atoms with Crippen molar-refractivity contribution in [2.24, 2.45) is 0 Å². The summed E-state index contributed by atoms with van der Waals surface area (Å²) in [6.45, 7) is 1.24. The Kier molecular flexibility index (Phi) is 3.03. The second kappa shape index (κ2) is 3.74. The summed E-state index contributed by atoms with van der Waals surface area (Å²) in [6, 6.07) is 0.682. The number of aromatic nitrogens is 2. The van der Waals surface area contributed by atoms with Gasteiger partial charge in [-0.1, -0.05) is 0 Å². The van der Waals surface area contributed by atoms with Crippen LogP contribution in [-0.4, -0.2) is 36.0 Å². The molecular weight excluding hydrogens is 247 g/mol. The predicted octanol–water partition coefficient (Wildman–Crippen LogP) is 0.865. The molecule has 0 fully saturated rings. The Morgan fingerprint density at radius 2 is 1.88 bits per heavy atom. The van der Waals surface area contributed by atoms with Gasteiger partial charge in [-0.25, -0.2) is 0 Å². The van der Waals surface area contributed by atoms with Gasteiger partial charge in [0.25, 0.3) is 0 Å². The number of halogens is 3. The summed E-state index contributed by atoms with van der Waals surface area (Å²) in [7, 11) is -1.58. The molecule has 0 aliphatic rings. The van der Waals surface area contributed by atoms with Crippen molar-refractivity contribution in [2.75, 3.05) is 14.1 Å². The minimum absolute atomic E-state index is 0.0963. The van der Waals surface area contributed by atoms with Gasteiger partial charge in [0.1, 0.15) is 0 Å². The molecule has 1 heterocycles. The van der Waals surface area contributed by atoms with E-state index in [-0.39, 0.29) is 5.69 Å². The third-order valence-corrected chi connectivity index (χ3v) is 3.55. The number of rotatable bonds is 2. The summed E-state index contributed by atoms with van der Waals surface area (Å²) in [4.78, 5) is 0. The summed E-state index contributed by atoms with van der Waals surface area (Å²) in [5.41, 5.74) is -1.32. The Bertz CT molecular complexity index is 489. The molecule has 0 aliphatic heterocycles. The lowest BCUT2D eigenvalue weighted by atomic mass is 10.4. The first-order valence-electron chi connectivity index (χ1n) is 4.13. The van der Waals surface area contributed by atoms with Gasteiger partial charge in [-0.2, -0.15) is 31.0 Å². The average Bonchev–Trinajstić information content (AvgIpc) is 2.46. The molecule has 0 bridgehead atoms. The maximum absolute atomic E-state index is 12.3. The normalized spacial score (nSPS) is 13.4. The summed E-state index contributed by atoms with van der Waals surface area (Å²) < 4.78 is 61.1. The molecule has 0 aromatic carbocycles. The minimum Gasteiger partial charge on any atom is -0.189 e. The van der Waals surface area contributed by atoms with Crippen LogP contribution in [0.1, 0.15) is 11.4 Å². The van der Waals surface area contributed by atoms with Gasteiger partial charge in [0.15, 0.2) is 5.69 Å². The lowest BCUT2D eigenvalue weighted by Crippen LogP contribution is -2.30. The largest absolute Gasteiger partial charge is 0.435 e. The van der Waals surface area contributed by atoms with Crippen LogP contribution in [0, 0.1) is 6.92 Å². The summed E-state index contributed by atoms with van der Waals surface area (Å²) in [5, 5.41) is 3.04. The number of hydrogen-bond donors (Lipinski definition) is 0. The molecule has 0 atom stereocenters. The maximum Gasteiger partial charge on any atom is 0.435 e. The van der Waals surface area contributed by atoms with E-state index in [2.05, 4.69) is 5.10 Å². The first kappa shape index (κ1) is 13.0. The predicted molar refractivity (Wildman–Crippen MR) is 50.0 cm³/mol. The molecule has 92 valence electrons. The van der Waals surface area contributed by atoms with Gasteiger partial charge in [-0.15, -0.1) is 4.09 Å². The van der Waals surface area contributed by atoms with Crippen LogP contribution in [0.2, 0.25) is 0 Å². The Labute approximate surface area is 90.7 Å². The molecule has 5 nitrogen and oxygen atoms in total. The van der Waals surface area contributed by atoms with Gasteiger partial charge in [0.2, 0.25) is 0 Å². The quantitative estimate of drug-likeness (QED) is 0.789. The van der Waals surface area contributed by atoms with E-state index in [1.54, 1.807) is 0 Å². The van der Waals surface area contributed by atoms with Crippen LogP contribution in [-0.2, 0) is 16.4 Å². The molecule has 1 aromatic heterocycles. The number of aryl methyl sites for hydroxylation is 1. The lowest BCUT2D eigenvalue weighted by molar-refractivity contribution is -0.141. The van der Waals surface area contributed by atoms with Gasteiger partial charge in [-0.3, -0.25) is 0 Å². The van der Waals surface area contributed by atoms with Crippen LogP contribution in [0.4, 0.5) is 13.2 Å². The molecule has 9 heteroatoms. The van der Waals surface area contributed by atoms with Crippen LogP contribution in [0.15, 0.2) is 6.07 Å². The molecule has 0 aliphatic carbocycles. The lowest BCUT2D eigenvalue weighted by Gasteiger charge is -2.12. The highest BCUT2D eigenvalue weighted by Crippen LogP contribution is 2.28. The number of nitrogens with zero attached hydrogens (tertiary/aromatic N) is 3. The van der Waals surface area contributed by atoms with E-state index in [0.29, 0.717) is 10.2 Å². The summed E-state index contributed by atoms with van der Waals surface area (Å²) in [5.74, 6) is 0. The minimum atomic E-state index is -4.65. The van der Waals surface area contributed by atoms with Crippen molar-refractivity contribution in [3.63, 3.8) is 0 Å². The SMILES string of the molecule is Cc1cc(C(F)(F)F)nn1S(=O)(=O)N(C)C. The Morgan fingerprint density at radius 1 is 1.38 bits per heavy atom. The molecule has 1 aromatic rings. The van der Waals surface area contributed by atoms with Crippen molar-refractivity contribution in [2.45, 2.75) is 13.1 Å². The maximum atomic E-state index is 12.3. The summed E-state index contributed by atoms with van der Waals surface area (Å²) in [6.07, 6.45) is -4.65. The second-order valence-electron chi connectivity index (χ2n) is 3.30. The van der Waals surface area contributed by atoms with Crippen LogP contribution in [0.25, 0.3) is 0 Å². The molecule has 0 spiro atoms. The van der Waals surface area contributed by atoms with Crippen LogP contribution < -0.4 is 0 Å². The molecule has 0 amide bonds. The molecule has 1 rings (SSSR count). The van der Waals surface area contributed by atoms with Crippen molar-refractivity contribution in [1.29, 1.82) is 0 Å². The van der Waals surface area contributed by atoms with Crippen molar-refractivity contribution in [3.8, 4) is 0 Å². The average molecular weight is 257 g/mol. The van der Waals surface area contributed by atoms with E-state index in [1.165, 1.54) is 21.0 Å². The number of hydrogen-bond acceptors (Lipinski definition) is 3. The standard InChI is InChI=1S/C7H10F3N3O2S/c1-5-4-6(7(8,9)10)11-13(5)16(14,15)12(2)3/h4H,1-3H3. The highest BCUT2D eigenvalue weighted by atomic mass is 32.2. The van der Waals surface area contributed by atoms with Crippen molar-refractivity contribution < 1.29 is 21.6 Å². The van der Waals surface area contributed by atoms with Crippen molar-refractivity contribution in [1.82, 2.24) is 13.5 Å². The van der Waals surface area contributed by atoms with Crippen molar-refractivity contribution >= 4 is 10.2 Å². The highest BCUT2D eigenvalue weighted by molar-refractivity contribution is 7.87. The van der Waals surface area contributed by atoms with Crippen molar-refractivity contribution in [3.05, 3.63) is 17.5 Å². The second-order valence-corrected chi connectivity index (χ2v) is 5.27. The van der Waals surface area contributed by atoms with E-state index in [9.17, 15) is 21.6 Å². The summed E-state index contributed by atoms with van der Waals surface area (Å²) >= 11 is 0. The molecule has 0 N–H and O–H groups in total. The van der Waals surface area contributed by atoms with E-state index in [0.717, 1.165) is 4.31 Å². The fraction of sp³-hybridized carbons (Fsp3) is 0.571. The van der Waals surface area contributed by atoms with Crippen LogP contribution in [0.5, 0.6) is 0 Å². The third kappa shape index (κ3) is 2.19. The van der Waals surface area contributed by atoms with Crippen LogP contribution in [0.3, 0.4) is 0 Å². The van der Waals surface area contributed by atoms with Crippen LogP contribution >= 0.6 is 0 Å². The van der Waals surface area contributed by atoms with E-state index in [4.69, 9.17) is 0 Å². The smallest absolute Gasteiger partial charge is 0.189 e. The van der Waals surface area contributed by atoms with E-state index in [1.807, 2.05) is 0 Å². The fourth-order valence-electron chi connectivity index (χ4n) is 0.985. The fourth-order valence-corrected chi connectivity index (χ4v) is 1.90.